The van der Waals surface area contributed by atoms with Crippen molar-refractivity contribution in [1.29, 1.82) is 0 Å². The van der Waals surface area contributed by atoms with Crippen molar-refractivity contribution in [2.45, 2.75) is 75.9 Å². The summed E-state index contributed by atoms with van der Waals surface area (Å²) in [7, 11) is -0.530. The zero-order valence-electron chi connectivity index (χ0n) is 13.2. The van der Waals surface area contributed by atoms with Crippen LogP contribution in [0, 0.1) is 11.6 Å². The zero-order chi connectivity index (χ0) is 15.1. The molecule has 0 aromatic heterocycles. The van der Waals surface area contributed by atoms with Gasteiger partial charge in [0.15, 0.2) is 11.6 Å². The van der Waals surface area contributed by atoms with Gasteiger partial charge < -0.3 is 0 Å². The van der Waals surface area contributed by atoms with Crippen LogP contribution in [0.15, 0.2) is 18.2 Å². The van der Waals surface area contributed by atoms with Crippen molar-refractivity contribution < 1.29 is 8.78 Å². The molecule has 1 saturated heterocycles. The third-order valence-corrected chi connectivity index (χ3v) is 8.50. The highest BCUT2D eigenvalue weighted by molar-refractivity contribution is 6.59. The summed E-state index contributed by atoms with van der Waals surface area (Å²) in [6.07, 6.45) is 9.31. The molecule has 1 heterocycles. The molecular formula is C18H28F2Si. The van der Waals surface area contributed by atoms with Gasteiger partial charge in [-0.2, -0.15) is 0 Å². The van der Waals surface area contributed by atoms with E-state index in [-0.39, 0.29) is 0 Å². The van der Waals surface area contributed by atoms with E-state index in [1.807, 2.05) is 0 Å². The molecule has 2 rings (SSSR count). The van der Waals surface area contributed by atoms with Crippen molar-refractivity contribution in [1.82, 2.24) is 0 Å². The minimum Gasteiger partial charge on any atom is -0.204 e. The quantitative estimate of drug-likeness (QED) is 0.425. The normalized spacial score (nSPS) is 22.4. The molecule has 0 unspecified atom stereocenters. The second kappa shape index (κ2) is 8.67. The van der Waals surface area contributed by atoms with Crippen molar-refractivity contribution in [3.63, 3.8) is 0 Å². The lowest BCUT2D eigenvalue weighted by atomic mass is 9.93. The number of unbranched alkanes of at least 4 members (excludes halogenated alkanes) is 4. The van der Waals surface area contributed by atoms with Crippen LogP contribution in [0.25, 0.3) is 0 Å². The molecule has 0 amide bonds. The summed E-state index contributed by atoms with van der Waals surface area (Å²) in [5, 5.41) is 0. The first-order valence-electron chi connectivity index (χ1n) is 8.65. The van der Waals surface area contributed by atoms with E-state index >= 15 is 0 Å². The van der Waals surface area contributed by atoms with Gasteiger partial charge in [-0.05, 0) is 36.5 Å². The molecule has 1 aromatic carbocycles. The van der Waals surface area contributed by atoms with Crippen LogP contribution in [-0.2, 0) is 0 Å². The van der Waals surface area contributed by atoms with Crippen LogP contribution < -0.4 is 0 Å². The molecule has 1 aliphatic rings. The molecule has 1 aliphatic heterocycles. The van der Waals surface area contributed by atoms with Crippen molar-refractivity contribution in [2.75, 3.05) is 0 Å². The lowest BCUT2D eigenvalue weighted by Crippen LogP contribution is -2.20. The summed E-state index contributed by atoms with van der Waals surface area (Å²) in [4.78, 5) is 0. The van der Waals surface area contributed by atoms with E-state index in [4.69, 9.17) is 0 Å². The first kappa shape index (κ1) is 16.7. The highest BCUT2D eigenvalue weighted by Gasteiger charge is 2.23. The Morgan fingerprint density at radius 1 is 1.00 bits per heavy atom. The van der Waals surface area contributed by atoms with Crippen molar-refractivity contribution in [3.8, 4) is 0 Å². The third kappa shape index (κ3) is 5.21. The monoisotopic (exact) mass is 310 g/mol. The predicted molar refractivity (Wildman–Crippen MR) is 88.7 cm³/mol. The van der Waals surface area contributed by atoms with Crippen LogP contribution in [0.1, 0.15) is 63.4 Å². The maximum Gasteiger partial charge on any atom is 0.159 e. The number of benzene rings is 1. The van der Waals surface area contributed by atoms with Gasteiger partial charge in [-0.25, -0.2) is 8.78 Å². The van der Waals surface area contributed by atoms with E-state index in [1.54, 1.807) is 6.07 Å². The van der Waals surface area contributed by atoms with Crippen molar-refractivity contribution >= 4 is 8.80 Å². The fourth-order valence-corrected chi connectivity index (χ4v) is 7.07. The molecule has 0 spiro atoms. The van der Waals surface area contributed by atoms with Gasteiger partial charge in [-0.3, -0.25) is 0 Å². The first-order valence-corrected chi connectivity index (χ1v) is 11.1. The molecule has 0 bridgehead atoms. The minimum atomic E-state index is -0.728. The lowest BCUT2D eigenvalue weighted by Gasteiger charge is -2.28. The van der Waals surface area contributed by atoms with E-state index < -0.39 is 20.4 Å². The van der Waals surface area contributed by atoms with Gasteiger partial charge in [-0.15, -0.1) is 0 Å². The van der Waals surface area contributed by atoms with Gasteiger partial charge in [0.1, 0.15) is 0 Å². The van der Waals surface area contributed by atoms with E-state index in [0.717, 1.165) is 5.56 Å². The Balaban J connectivity index is 1.71. The lowest BCUT2D eigenvalue weighted by molar-refractivity contribution is 0.502. The molecule has 0 N–H and O–H groups in total. The molecule has 1 fully saturated rings. The molecule has 0 nitrogen and oxygen atoms in total. The third-order valence-electron chi connectivity index (χ3n) is 4.98. The highest BCUT2D eigenvalue weighted by atomic mass is 28.3. The number of hydrogen-bond acceptors (Lipinski definition) is 0. The molecule has 3 heteroatoms. The molecule has 0 saturated carbocycles. The van der Waals surface area contributed by atoms with Gasteiger partial charge in [0.25, 0.3) is 0 Å². The van der Waals surface area contributed by atoms with Crippen LogP contribution in [-0.4, -0.2) is 8.80 Å². The van der Waals surface area contributed by atoms with Crippen LogP contribution in [0.4, 0.5) is 8.78 Å². The molecule has 118 valence electrons. The fraction of sp³-hybridized carbons (Fsp3) is 0.667. The minimum absolute atomic E-state index is 0.462. The molecule has 0 atom stereocenters. The summed E-state index contributed by atoms with van der Waals surface area (Å²) in [5.41, 5.74) is 1.00. The maximum absolute atomic E-state index is 13.3. The predicted octanol–water partition coefficient (Wildman–Crippen LogP) is 6.04. The van der Waals surface area contributed by atoms with Gasteiger partial charge in [0.05, 0.1) is 0 Å². The average Bonchev–Trinajstić information content (AvgIpc) is 2.50. The van der Waals surface area contributed by atoms with E-state index in [9.17, 15) is 8.78 Å². The summed E-state index contributed by atoms with van der Waals surface area (Å²) in [6, 6.07) is 8.73. The molecule has 1 aromatic rings. The Kier molecular flexibility index (Phi) is 6.88. The Hall–Kier alpha value is -0.703. The van der Waals surface area contributed by atoms with Gasteiger partial charge in [0, 0.05) is 8.80 Å². The summed E-state index contributed by atoms with van der Waals surface area (Å²) < 4.78 is 26.3. The Morgan fingerprint density at radius 3 is 2.38 bits per heavy atom. The van der Waals surface area contributed by atoms with Gasteiger partial charge in [-0.1, -0.05) is 63.2 Å². The number of hydrogen-bond donors (Lipinski definition) is 0. The second-order valence-corrected chi connectivity index (χ2v) is 10.1. The molecule has 0 radical (unpaired) electrons. The smallest absolute Gasteiger partial charge is 0.159 e. The number of halogens is 2. The molecular weight excluding hydrogens is 282 g/mol. The number of rotatable bonds is 7. The standard InChI is InChI=1S/C18H28F2Si/c1-2-3-4-5-6-11-21-12-9-15(10-13-21)16-7-8-17(19)18(20)14-16/h7-8,14-15,21H,2-6,9-13H2,1H3/t15-,21-. The molecule has 0 aliphatic carbocycles. The van der Waals surface area contributed by atoms with Crippen molar-refractivity contribution in [3.05, 3.63) is 35.4 Å². The van der Waals surface area contributed by atoms with E-state index in [1.165, 1.54) is 75.2 Å². The van der Waals surface area contributed by atoms with E-state index in [2.05, 4.69) is 6.92 Å². The zero-order valence-corrected chi connectivity index (χ0v) is 14.4. The van der Waals surface area contributed by atoms with Crippen LogP contribution >= 0.6 is 0 Å². The Morgan fingerprint density at radius 2 is 1.71 bits per heavy atom. The highest BCUT2D eigenvalue weighted by Crippen LogP contribution is 2.35. The summed E-state index contributed by atoms with van der Waals surface area (Å²) >= 11 is 0. The summed E-state index contributed by atoms with van der Waals surface area (Å²) in [6.45, 7) is 2.26. The Labute approximate surface area is 129 Å². The van der Waals surface area contributed by atoms with E-state index in [0.29, 0.717) is 5.92 Å². The SMILES string of the molecule is CCCCCCC[Si@H]1CC[C@H](c2ccc(F)c(F)c2)CC1. The Bertz CT molecular complexity index is 425. The van der Waals surface area contributed by atoms with Gasteiger partial charge in [0.2, 0.25) is 0 Å². The van der Waals surface area contributed by atoms with Crippen LogP contribution in [0.3, 0.4) is 0 Å². The van der Waals surface area contributed by atoms with Gasteiger partial charge >= 0.3 is 0 Å². The fourth-order valence-electron chi connectivity index (χ4n) is 3.59. The summed E-state index contributed by atoms with van der Waals surface area (Å²) in [5.74, 6) is -0.958. The topological polar surface area (TPSA) is 0 Å². The second-order valence-electron chi connectivity index (χ2n) is 6.59. The molecule has 21 heavy (non-hydrogen) atoms. The first-order chi connectivity index (χ1) is 10.2. The van der Waals surface area contributed by atoms with Crippen molar-refractivity contribution in [2.24, 2.45) is 0 Å². The van der Waals surface area contributed by atoms with Crippen LogP contribution in [0.5, 0.6) is 0 Å². The van der Waals surface area contributed by atoms with Crippen LogP contribution in [0.2, 0.25) is 18.1 Å². The largest absolute Gasteiger partial charge is 0.204 e. The average molecular weight is 311 g/mol. The maximum atomic E-state index is 13.3.